The maximum Gasteiger partial charge on any atom is 0.269 e. The zero-order valence-electron chi connectivity index (χ0n) is 12.7. The molecule has 2 rings (SSSR count). The van der Waals surface area contributed by atoms with Crippen LogP contribution < -0.4 is 10.1 Å². The van der Waals surface area contributed by atoms with Gasteiger partial charge in [0.15, 0.2) is 0 Å². The number of nitrogens with zero attached hydrogens (tertiary/aromatic N) is 1. The number of ether oxygens (including phenoxy) is 1. The highest BCUT2D eigenvalue weighted by atomic mass is 16.6. The summed E-state index contributed by atoms with van der Waals surface area (Å²) in [6, 6.07) is 15.5. The van der Waals surface area contributed by atoms with Crippen molar-refractivity contribution >= 4 is 5.69 Å². The van der Waals surface area contributed by atoms with Crippen molar-refractivity contribution in [2.24, 2.45) is 0 Å². The Bertz CT molecular complexity index is 626. The molecule has 0 aliphatic carbocycles. The Morgan fingerprint density at radius 2 is 2.05 bits per heavy atom. The fraction of sp³-hybridized carbons (Fsp3) is 0.294. The van der Waals surface area contributed by atoms with Crippen LogP contribution in [0.3, 0.4) is 0 Å². The molecule has 0 unspecified atom stereocenters. The summed E-state index contributed by atoms with van der Waals surface area (Å²) < 4.78 is 5.65. The largest absolute Gasteiger partial charge is 0.494 e. The van der Waals surface area contributed by atoms with Gasteiger partial charge in [-0.2, -0.15) is 0 Å². The van der Waals surface area contributed by atoms with Crippen LogP contribution in [0.15, 0.2) is 42.5 Å². The topological polar surface area (TPSA) is 64.4 Å². The molecular formula is C17H19N2O3. The van der Waals surface area contributed by atoms with Gasteiger partial charge in [0.05, 0.1) is 11.5 Å². The van der Waals surface area contributed by atoms with Crippen molar-refractivity contribution in [3.63, 3.8) is 0 Å². The molecule has 0 amide bonds. The molecule has 0 heterocycles. The Hall–Kier alpha value is -2.40. The molecule has 2 aromatic carbocycles. The monoisotopic (exact) mass is 299 g/mol. The fourth-order valence-electron chi connectivity index (χ4n) is 2.26. The van der Waals surface area contributed by atoms with Crippen molar-refractivity contribution in [1.29, 1.82) is 0 Å². The van der Waals surface area contributed by atoms with E-state index in [0.717, 1.165) is 12.0 Å². The lowest BCUT2D eigenvalue weighted by Crippen LogP contribution is -2.19. The van der Waals surface area contributed by atoms with Gasteiger partial charge in [0, 0.05) is 24.6 Å². The van der Waals surface area contributed by atoms with E-state index < -0.39 is 4.92 Å². The van der Waals surface area contributed by atoms with Crippen LogP contribution in [0.5, 0.6) is 5.75 Å². The van der Waals surface area contributed by atoms with E-state index in [2.05, 4.69) is 17.4 Å². The first-order valence-corrected chi connectivity index (χ1v) is 7.13. The minimum Gasteiger partial charge on any atom is -0.494 e. The molecule has 5 heteroatoms. The summed E-state index contributed by atoms with van der Waals surface area (Å²) in [5.41, 5.74) is 2.37. The summed E-state index contributed by atoms with van der Waals surface area (Å²) in [4.78, 5) is 10.2. The third-order valence-corrected chi connectivity index (χ3v) is 3.44. The second-order valence-corrected chi connectivity index (χ2v) is 5.03. The van der Waals surface area contributed by atoms with E-state index in [-0.39, 0.29) is 11.7 Å². The minimum atomic E-state index is -0.421. The van der Waals surface area contributed by atoms with Crippen LogP contribution in [0.25, 0.3) is 0 Å². The molecular weight excluding hydrogens is 280 g/mol. The number of nitro groups is 1. The number of nitro benzene ring substituents is 1. The van der Waals surface area contributed by atoms with E-state index in [1.54, 1.807) is 12.1 Å². The van der Waals surface area contributed by atoms with Crippen LogP contribution in [0.2, 0.25) is 0 Å². The van der Waals surface area contributed by atoms with Gasteiger partial charge in [-0.25, -0.2) is 0 Å². The Morgan fingerprint density at radius 3 is 2.64 bits per heavy atom. The number of rotatable bonds is 7. The Labute approximate surface area is 130 Å². The molecule has 0 saturated heterocycles. The second kappa shape index (κ2) is 7.56. The summed E-state index contributed by atoms with van der Waals surface area (Å²) in [5, 5.41) is 13.9. The zero-order chi connectivity index (χ0) is 15.9. The van der Waals surface area contributed by atoms with E-state index >= 15 is 0 Å². The normalized spacial score (nSPS) is 11.9. The van der Waals surface area contributed by atoms with Crippen LogP contribution >= 0.6 is 0 Å². The molecule has 0 aromatic heterocycles. The number of nitrogens with one attached hydrogen (secondary N) is 1. The smallest absolute Gasteiger partial charge is 0.269 e. The molecule has 0 aliphatic heterocycles. The summed E-state index contributed by atoms with van der Waals surface area (Å²) in [7, 11) is 1.92. The first-order valence-electron chi connectivity index (χ1n) is 7.13. The summed E-state index contributed by atoms with van der Waals surface area (Å²) in [6.45, 7) is 2.55. The molecule has 1 N–H and O–H groups in total. The maximum atomic E-state index is 10.6. The van der Waals surface area contributed by atoms with E-state index in [1.165, 1.54) is 17.7 Å². The van der Waals surface area contributed by atoms with E-state index in [1.807, 2.05) is 26.1 Å². The predicted molar refractivity (Wildman–Crippen MR) is 85.0 cm³/mol. The third-order valence-electron chi connectivity index (χ3n) is 3.44. The number of aryl methyl sites for hydroxylation is 1. The Kier molecular flexibility index (Phi) is 5.49. The number of hydrogen-bond donors (Lipinski definition) is 1. The second-order valence-electron chi connectivity index (χ2n) is 5.03. The van der Waals surface area contributed by atoms with E-state index in [0.29, 0.717) is 12.4 Å². The predicted octanol–water partition coefficient (Wildman–Crippen LogP) is 3.43. The van der Waals surface area contributed by atoms with Crippen LogP contribution in [-0.2, 0) is 0 Å². The summed E-state index contributed by atoms with van der Waals surface area (Å²) >= 11 is 0. The average molecular weight is 299 g/mol. The summed E-state index contributed by atoms with van der Waals surface area (Å²) in [5.74, 6) is 0.637. The van der Waals surface area contributed by atoms with Gasteiger partial charge in [0.25, 0.3) is 5.69 Å². The number of non-ortho nitro benzene ring substituents is 1. The highest BCUT2D eigenvalue weighted by molar-refractivity contribution is 5.36. The number of hydrogen-bond acceptors (Lipinski definition) is 4. The molecule has 0 saturated carbocycles. The zero-order valence-corrected chi connectivity index (χ0v) is 12.7. The molecule has 1 atom stereocenters. The van der Waals surface area contributed by atoms with Crippen molar-refractivity contribution in [2.75, 3.05) is 13.7 Å². The van der Waals surface area contributed by atoms with Crippen molar-refractivity contribution < 1.29 is 9.66 Å². The minimum absolute atomic E-state index is 0.0662. The van der Waals surface area contributed by atoms with Gasteiger partial charge in [-0.05, 0) is 43.3 Å². The quantitative estimate of drug-likeness (QED) is 0.628. The first kappa shape index (κ1) is 16.0. The molecule has 2 aromatic rings. The standard InChI is InChI=1S/C17H19N2O3/c1-13-4-3-5-14(12-13)17(18-2)10-11-22-16-8-6-15(7-9-16)19(20)21/h3,5-9,12,17-18H,10-11H2,1-2H3/t17-/m0/s1. The average Bonchev–Trinajstić information content (AvgIpc) is 2.52. The summed E-state index contributed by atoms with van der Waals surface area (Å²) in [6.07, 6.45) is 0.803. The molecule has 0 fully saturated rings. The van der Waals surface area contributed by atoms with Gasteiger partial charge in [0.1, 0.15) is 5.75 Å². The van der Waals surface area contributed by atoms with Crippen molar-refractivity contribution in [3.05, 3.63) is 69.8 Å². The van der Waals surface area contributed by atoms with Gasteiger partial charge >= 0.3 is 0 Å². The molecule has 0 aliphatic rings. The highest BCUT2D eigenvalue weighted by Crippen LogP contribution is 2.20. The van der Waals surface area contributed by atoms with E-state index in [4.69, 9.17) is 4.74 Å². The maximum absolute atomic E-state index is 10.6. The molecule has 115 valence electrons. The van der Waals surface area contributed by atoms with Gasteiger partial charge in [0.2, 0.25) is 0 Å². The molecule has 0 bridgehead atoms. The molecule has 0 spiro atoms. The SMILES string of the molecule is CN[C@@H](CCOc1ccc([N+](=O)[O-])cc1)c1cc[c]c(C)c1. The fourth-order valence-corrected chi connectivity index (χ4v) is 2.26. The first-order chi connectivity index (χ1) is 10.6. The lowest BCUT2D eigenvalue weighted by molar-refractivity contribution is -0.384. The third kappa shape index (κ3) is 4.30. The molecule has 5 nitrogen and oxygen atoms in total. The van der Waals surface area contributed by atoms with Gasteiger partial charge < -0.3 is 10.1 Å². The Balaban J connectivity index is 1.90. The van der Waals surface area contributed by atoms with Crippen molar-refractivity contribution in [3.8, 4) is 5.75 Å². The van der Waals surface area contributed by atoms with Crippen LogP contribution in [0, 0.1) is 23.1 Å². The van der Waals surface area contributed by atoms with Gasteiger partial charge in [-0.15, -0.1) is 0 Å². The van der Waals surface area contributed by atoms with Crippen molar-refractivity contribution in [1.82, 2.24) is 5.32 Å². The van der Waals surface area contributed by atoms with Gasteiger partial charge in [-0.1, -0.05) is 18.2 Å². The Morgan fingerprint density at radius 1 is 1.32 bits per heavy atom. The molecule has 22 heavy (non-hydrogen) atoms. The van der Waals surface area contributed by atoms with Crippen LogP contribution in [-0.4, -0.2) is 18.6 Å². The van der Waals surface area contributed by atoms with Crippen LogP contribution in [0.4, 0.5) is 5.69 Å². The van der Waals surface area contributed by atoms with E-state index in [9.17, 15) is 10.1 Å². The molecule has 1 radical (unpaired) electrons. The lowest BCUT2D eigenvalue weighted by atomic mass is 10.0. The van der Waals surface area contributed by atoms with Crippen LogP contribution in [0.1, 0.15) is 23.6 Å². The van der Waals surface area contributed by atoms with Gasteiger partial charge in [-0.3, -0.25) is 10.1 Å². The lowest BCUT2D eigenvalue weighted by Gasteiger charge is -2.17. The van der Waals surface area contributed by atoms with Crippen molar-refractivity contribution in [2.45, 2.75) is 19.4 Å². The number of benzene rings is 2. The highest BCUT2D eigenvalue weighted by Gasteiger charge is 2.10.